The summed E-state index contributed by atoms with van der Waals surface area (Å²) in [6.45, 7) is 4.38. The van der Waals surface area contributed by atoms with E-state index >= 15 is 0 Å². The van der Waals surface area contributed by atoms with Gasteiger partial charge in [0, 0.05) is 42.4 Å². The van der Waals surface area contributed by atoms with Gasteiger partial charge < -0.3 is 4.98 Å². The molecule has 7 aromatic carbocycles. The van der Waals surface area contributed by atoms with E-state index in [0.29, 0.717) is 0 Å². The van der Waals surface area contributed by atoms with Gasteiger partial charge in [-0.3, -0.25) is 4.99 Å². The second kappa shape index (κ2) is 9.63. The van der Waals surface area contributed by atoms with E-state index in [2.05, 4.69) is 163 Å². The second-order valence-corrected chi connectivity index (χ2v) is 13.0. The number of nitrogens with one attached hydrogen (secondary N) is 1. The molecule has 0 atom stereocenters. The molecule has 1 aromatic heterocycles. The number of aryl methyl sites for hydroxylation is 1. The lowest BCUT2D eigenvalue weighted by atomic mass is 9.86. The van der Waals surface area contributed by atoms with Crippen LogP contribution in [0.5, 0.6) is 0 Å². The van der Waals surface area contributed by atoms with E-state index in [9.17, 15) is 0 Å². The first-order chi connectivity index (χ1) is 21.6. The minimum absolute atomic E-state index is 1.03. The largest absolute Gasteiger partial charge is 0.358 e. The molecular weight excluding hydrogens is 647 g/mol. The lowest BCUT2D eigenvalue weighted by Crippen LogP contribution is -1.98. The molecule has 0 aliphatic carbocycles. The molecule has 0 saturated carbocycles. The predicted octanol–water partition coefficient (Wildman–Crippen LogP) is 11.4. The quantitative estimate of drug-likeness (QED) is 0.140. The fraction of sp³-hybridized carbons (Fsp3) is 0.0488. The summed E-state index contributed by atoms with van der Waals surface area (Å²) in [4.78, 5) is 9.39. The highest BCUT2D eigenvalue weighted by Gasteiger charge is 2.29. The zero-order chi connectivity index (χ0) is 29.5. The number of hydrogen-bond acceptors (Lipinski definition) is 1. The molecule has 9 rings (SSSR count). The van der Waals surface area contributed by atoms with E-state index in [1.807, 2.05) is 0 Å². The first-order valence-corrected chi connectivity index (χ1v) is 16.1. The summed E-state index contributed by atoms with van der Waals surface area (Å²) in [7, 11) is 0. The zero-order valence-corrected chi connectivity index (χ0v) is 26.5. The molecule has 44 heavy (non-hydrogen) atoms. The number of halogens is 1. The van der Waals surface area contributed by atoms with Crippen molar-refractivity contribution in [2.75, 3.05) is 0 Å². The van der Waals surface area contributed by atoms with Gasteiger partial charge in [-0.2, -0.15) is 0 Å². The van der Waals surface area contributed by atoms with Crippen LogP contribution in [0, 0.1) is 10.5 Å². The van der Waals surface area contributed by atoms with Crippen molar-refractivity contribution in [1.82, 2.24) is 4.98 Å². The average molecular weight is 675 g/mol. The number of hydrogen-bond donors (Lipinski definition) is 1. The topological polar surface area (TPSA) is 28.1 Å². The van der Waals surface area contributed by atoms with Crippen molar-refractivity contribution in [3.63, 3.8) is 0 Å². The summed E-state index contributed by atoms with van der Waals surface area (Å²) in [5, 5.41) is 12.6. The number of fused-ring (bicyclic) bond motifs is 12. The Balaban J connectivity index is 1.52. The van der Waals surface area contributed by atoms with E-state index < -0.39 is 0 Å². The Morgan fingerprint density at radius 3 is 1.55 bits per heavy atom. The van der Waals surface area contributed by atoms with Crippen LogP contribution in [-0.4, -0.2) is 10.7 Å². The van der Waals surface area contributed by atoms with Crippen LogP contribution in [0.15, 0.2) is 126 Å². The maximum Gasteiger partial charge on any atom is 0.0818 e. The fourth-order valence-electron chi connectivity index (χ4n) is 7.53. The summed E-state index contributed by atoms with van der Waals surface area (Å²) in [5.41, 5.74) is 9.13. The van der Waals surface area contributed by atoms with Crippen LogP contribution in [0.25, 0.3) is 65.1 Å². The molecule has 0 radical (unpaired) electrons. The van der Waals surface area contributed by atoms with Gasteiger partial charge in [-0.25, -0.2) is 0 Å². The number of rotatable bonds is 2. The first kappa shape index (κ1) is 25.7. The van der Waals surface area contributed by atoms with E-state index in [0.717, 1.165) is 28.2 Å². The van der Waals surface area contributed by atoms with Crippen LogP contribution in [0.1, 0.15) is 35.0 Å². The molecule has 208 valence electrons. The van der Waals surface area contributed by atoms with Gasteiger partial charge in [-0.1, -0.05) is 109 Å². The van der Waals surface area contributed by atoms with Crippen molar-refractivity contribution in [3.8, 4) is 0 Å². The number of aliphatic imine (C=N–C) groups is 1. The number of aromatic nitrogens is 1. The van der Waals surface area contributed by atoms with Gasteiger partial charge in [0.15, 0.2) is 0 Å². The van der Waals surface area contributed by atoms with E-state index in [-0.39, 0.29) is 0 Å². The predicted molar refractivity (Wildman–Crippen MR) is 197 cm³/mol. The van der Waals surface area contributed by atoms with Gasteiger partial charge in [0.2, 0.25) is 0 Å². The van der Waals surface area contributed by atoms with Gasteiger partial charge in [0.1, 0.15) is 0 Å². The van der Waals surface area contributed by atoms with Gasteiger partial charge in [-0.15, -0.1) is 0 Å². The highest BCUT2D eigenvalue weighted by molar-refractivity contribution is 14.1. The molecule has 0 fully saturated rings. The number of benzene rings is 7. The Kier molecular flexibility index (Phi) is 5.63. The normalized spacial score (nSPS) is 14.2. The summed E-state index contributed by atoms with van der Waals surface area (Å²) in [5.74, 6) is 0. The summed E-state index contributed by atoms with van der Waals surface area (Å²) in [6.07, 6.45) is 0. The Labute approximate surface area is 268 Å². The van der Waals surface area contributed by atoms with Crippen LogP contribution in [0.3, 0.4) is 0 Å². The smallest absolute Gasteiger partial charge is 0.0818 e. The van der Waals surface area contributed by atoms with Gasteiger partial charge in [0.05, 0.1) is 11.4 Å². The molecule has 1 N–H and O–H groups in total. The van der Waals surface area contributed by atoms with Gasteiger partial charge >= 0.3 is 0 Å². The molecule has 2 nitrogen and oxygen atoms in total. The highest BCUT2D eigenvalue weighted by Crippen LogP contribution is 2.48. The number of H-pyrrole nitrogens is 1. The highest BCUT2D eigenvalue weighted by atomic mass is 127. The number of aromatic amines is 1. The summed E-state index contributed by atoms with van der Waals surface area (Å²) >= 11 is 2.40. The van der Waals surface area contributed by atoms with Crippen molar-refractivity contribution in [2.45, 2.75) is 13.8 Å². The minimum Gasteiger partial charge on any atom is -0.358 e. The average Bonchev–Trinajstić information content (AvgIpc) is 3.59. The van der Waals surface area contributed by atoms with Crippen molar-refractivity contribution in [3.05, 3.63) is 153 Å². The molecule has 0 unspecified atom stereocenters. The van der Waals surface area contributed by atoms with E-state index in [4.69, 9.17) is 4.99 Å². The van der Waals surface area contributed by atoms with E-state index in [1.54, 1.807) is 0 Å². The maximum atomic E-state index is 5.47. The van der Waals surface area contributed by atoms with Gasteiger partial charge in [0.25, 0.3) is 0 Å². The molecule has 0 bridgehead atoms. The molecule has 0 amide bonds. The van der Waals surface area contributed by atoms with Crippen molar-refractivity contribution < 1.29 is 0 Å². The molecule has 1 aliphatic rings. The standard InChI is InChI=1S/C41H27IN2/c1-23-35-31-15-7-3-11-27(31)29-13-5-9-17-33(29)38(35)40(43-23)37(25-19-21-26(42)22-20-25)41-39-34-18-10-6-14-30(34)28-12-4-8-16-32(28)36(39)24(2)44-41/h3-22,43H,1-2H3/b41-37-. The van der Waals surface area contributed by atoms with E-state index in [1.165, 1.54) is 74.3 Å². The van der Waals surface area contributed by atoms with Crippen molar-refractivity contribution >= 4 is 93.4 Å². The Hall–Kier alpha value is -4.74. The zero-order valence-electron chi connectivity index (χ0n) is 24.4. The summed E-state index contributed by atoms with van der Waals surface area (Å²) in [6, 6.07) is 44.1. The molecule has 0 spiro atoms. The maximum absolute atomic E-state index is 5.47. The lowest BCUT2D eigenvalue weighted by molar-refractivity contribution is 1.25. The van der Waals surface area contributed by atoms with Crippen LogP contribution in [-0.2, 0) is 0 Å². The lowest BCUT2D eigenvalue weighted by Gasteiger charge is -2.16. The third-order valence-corrected chi connectivity index (χ3v) is 10.0. The molecule has 2 heterocycles. The summed E-state index contributed by atoms with van der Waals surface area (Å²) < 4.78 is 1.21. The molecular formula is C41H27IN2. The molecule has 3 heteroatoms. The SMILES string of the molecule is CC1=N/C(=C(/c2ccc(I)cc2)c2[nH]c(C)c3c4ccccc4c4ccccc4c23)c2c1c1ccccc1c1ccccc21. The molecule has 1 aliphatic heterocycles. The Bertz CT molecular complexity index is 2560. The van der Waals surface area contributed by atoms with Gasteiger partial charge in [-0.05, 0) is 97.2 Å². The van der Waals surface area contributed by atoms with Crippen LogP contribution >= 0.6 is 22.6 Å². The minimum atomic E-state index is 1.03. The van der Waals surface area contributed by atoms with Crippen LogP contribution in [0.4, 0.5) is 0 Å². The third-order valence-electron chi connectivity index (χ3n) is 9.30. The monoisotopic (exact) mass is 674 g/mol. The molecule has 8 aromatic rings. The van der Waals surface area contributed by atoms with Crippen LogP contribution in [0.2, 0.25) is 0 Å². The second-order valence-electron chi connectivity index (χ2n) is 11.7. The molecule has 0 saturated heterocycles. The Morgan fingerprint density at radius 1 is 0.523 bits per heavy atom. The third kappa shape index (κ3) is 3.56. The fourth-order valence-corrected chi connectivity index (χ4v) is 7.89. The van der Waals surface area contributed by atoms with Crippen molar-refractivity contribution in [1.29, 1.82) is 0 Å². The Morgan fingerprint density at radius 2 is 0.977 bits per heavy atom. The number of nitrogens with zero attached hydrogens (tertiary/aromatic N) is 1. The van der Waals surface area contributed by atoms with Crippen LogP contribution < -0.4 is 0 Å². The first-order valence-electron chi connectivity index (χ1n) is 15.0. The van der Waals surface area contributed by atoms with Crippen molar-refractivity contribution in [2.24, 2.45) is 4.99 Å².